The Labute approximate surface area is 106 Å². The number of carbonyl (C=O) groups excluding carboxylic acids is 1. The molecule has 0 aliphatic heterocycles. The van der Waals surface area contributed by atoms with Crippen molar-refractivity contribution in [2.24, 2.45) is 5.41 Å². The lowest BCUT2D eigenvalue weighted by Gasteiger charge is -2.19. The van der Waals surface area contributed by atoms with Crippen molar-refractivity contribution < 1.29 is 4.79 Å². The van der Waals surface area contributed by atoms with E-state index in [1.165, 1.54) is 9.75 Å². The third-order valence-electron chi connectivity index (χ3n) is 2.44. The van der Waals surface area contributed by atoms with Gasteiger partial charge in [-0.15, -0.1) is 22.9 Å². The maximum Gasteiger partial charge on any atom is 0.227 e. The molecule has 1 heterocycles. The van der Waals surface area contributed by atoms with E-state index in [1.807, 2.05) is 13.8 Å². The van der Waals surface area contributed by atoms with E-state index < -0.39 is 5.41 Å². The standard InChI is InChI=1S/C12H18ClNOS/c1-4-9-5-6-10(16-9)7-14-11(15)12(2,3)8-13/h5-6H,4,7-8H2,1-3H3,(H,14,15). The first kappa shape index (κ1) is 13.5. The molecule has 2 nitrogen and oxygen atoms in total. The fourth-order valence-electron chi connectivity index (χ4n) is 1.17. The predicted octanol–water partition coefficient (Wildman–Crippen LogP) is 3.19. The smallest absolute Gasteiger partial charge is 0.227 e. The number of halogens is 1. The van der Waals surface area contributed by atoms with Crippen molar-refractivity contribution in [2.45, 2.75) is 33.7 Å². The van der Waals surface area contributed by atoms with Crippen LogP contribution in [0.5, 0.6) is 0 Å². The van der Waals surface area contributed by atoms with Crippen LogP contribution in [0.3, 0.4) is 0 Å². The molecule has 90 valence electrons. The fraction of sp³-hybridized carbons (Fsp3) is 0.583. The Balaban J connectivity index is 2.49. The number of nitrogens with one attached hydrogen (secondary N) is 1. The Hall–Kier alpha value is -0.540. The molecule has 0 saturated heterocycles. The molecule has 16 heavy (non-hydrogen) atoms. The molecule has 0 spiro atoms. The lowest BCUT2D eigenvalue weighted by molar-refractivity contribution is -0.128. The fourth-order valence-corrected chi connectivity index (χ4v) is 2.19. The Morgan fingerprint density at radius 1 is 1.44 bits per heavy atom. The topological polar surface area (TPSA) is 29.1 Å². The SMILES string of the molecule is CCc1ccc(CNC(=O)C(C)(C)CCl)s1. The largest absolute Gasteiger partial charge is 0.351 e. The van der Waals surface area contributed by atoms with Gasteiger partial charge in [-0.1, -0.05) is 6.92 Å². The number of hydrogen-bond acceptors (Lipinski definition) is 2. The van der Waals surface area contributed by atoms with Gasteiger partial charge in [0.15, 0.2) is 0 Å². The average Bonchev–Trinajstić information content (AvgIpc) is 2.73. The number of amides is 1. The number of rotatable bonds is 5. The molecular formula is C12H18ClNOS. The number of hydrogen-bond donors (Lipinski definition) is 1. The Morgan fingerprint density at radius 2 is 2.06 bits per heavy atom. The molecule has 1 rings (SSSR count). The molecular weight excluding hydrogens is 242 g/mol. The Bertz CT molecular complexity index is 360. The highest BCUT2D eigenvalue weighted by atomic mass is 35.5. The van der Waals surface area contributed by atoms with E-state index in [4.69, 9.17) is 11.6 Å². The van der Waals surface area contributed by atoms with Gasteiger partial charge in [0.25, 0.3) is 0 Å². The zero-order valence-electron chi connectivity index (χ0n) is 9.97. The van der Waals surface area contributed by atoms with Crippen molar-refractivity contribution >= 4 is 28.8 Å². The molecule has 1 N–H and O–H groups in total. The Morgan fingerprint density at radius 3 is 2.56 bits per heavy atom. The molecule has 0 atom stereocenters. The van der Waals surface area contributed by atoms with Crippen LogP contribution in [0, 0.1) is 5.41 Å². The summed E-state index contributed by atoms with van der Waals surface area (Å²) in [6.07, 6.45) is 1.05. The first-order valence-corrected chi connectivity index (χ1v) is 6.76. The number of aryl methyl sites for hydroxylation is 1. The summed E-state index contributed by atoms with van der Waals surface area (Å²) in [6.45, 7) is 6.43. The van der Waals surface area contributed by atoms with Crippen LogP contribution >= 0.6 is 22.9 Å². The highest BCUT2D eigenvalue weighted by molar-refractivity contribution is 7.11. The van der Waals surface area contributed by atoms with Crippen LogP contribution in [0.15, 0.2) is 12.1 Å². The number of thiophene rings is 1. The minimum atomic E-state index is -0.494. The molecule has 1 amide bonds. The van der Waals surface area contributed by atoms with Crippen LogP contribution in [-0.4, -0.2) is 11.8 Å². The summed E-state index contributed by atoms with van der Waals surface area (Å²) >= 11 is 7.48. The summed E-state index contributed by atoms with van der Waals surface area (Å²) in [5, 5.41) is 2.91. The third-order valence-corrected chi connectivity index (χ3v) is 4.34. The quantitative estimate of drug-likeness (QED) is 0.809. The summed E-state index contributed by atoms with van der Waals surface area (Å²) in [5.41, 5.74) is -0.494. The van der Waals surface area contributed by atoms with Crippen LogP contribution in [-0.2, 0) is 17.8 Å². The van der Waals surface area contributed by atoms with Crippen LogP contribution < -0.4 is 5.32 Å². The first-order valence-electron chi connectivity index (χ1n) is 5.41. The van der Waals surface area contributed by atoms with Crippen molar-refractivity contribution in [1.82, 2.24) is 5.32 Å². The normalized spacial score (nSPS) is 11.5. The molecule has 0 bridgehead atoms. The van der Waals surface area contributed by atoms with E-state index in [0.29, 0.717) is 12.4 Å². The van der Waals surface area contributed by atoms with E-state index in [9.17, 15) is 4.79 Å². The number of carbonyl (C=O) groups is 1. The number of alkyl halides is 1. The maximum atomic E-state index is 11.8. The van der Waals surface area contributed by atoms with Crippen molar-refractivity contribution in [3.05, 3.63) is 21.9 Å². The van der Waals surface area contributed by atoms with Gasteiger partial charge in [-0.05, 0) is 32.4 Å². The highest BCUT2D eigenvalue weighted by Crippen LogP contribution is 2.19. The van der Waals surface area contributed by atoms with E-state index in [2.05, 4.69) is 24.4 Å². The Kier molecular flexibility index (Phi) is 4.81. The van der Waals surface area contributed by atoms with Gasteiger partial charge in [-0.3, -0.25) is 4.79 Å². The van der Waals surface area contributed by atoms with Gasteiger partial charge in [0.05, 0.1) is 12.0 Å². The minimum Gasteiger partial charge on any atom is -0.351 e. The van der Waals surface area contributed by atoms with E-state index in [1.54, 1.807) is 11.3 Å². The van der Waals surface area contributed by atoms with Gasteiger partial charge in [0.1, 0.15) is 0 Å². The predicted molar refractivity (Wildman–Crippen MR) is 70.0 cm³/mol. The molecule has 0 aliphatic rings. The zero-order valence-corrected chi connectivity index (χ0v) is 11.5. The summed E-state index contributed by atoms with van der Waals surface area (Å²) in [4.78, 5) is 14.3. The van der Waals surface area contributed by atoms with Gasteiger partial charge in [0, 0.05) is 15.6 Å². The monoisotopic (exact) mass is 259 g/mol. The molecule has 0 fully saturated rings. The second-order valence-electron chi connectivity index (χ2n) is 4.42. The van der Waals surface area contributed by atoms with Crippen molar-refractivity contribution in [2.75, 3.05) is 5.88 Å². The maximum absolute atomic E-state index is 11.8. The third kappa shape index (κ3) is 3.49. The lowest BCUT2D eigenvalue weighted by atomic mass is 9.95. The molecule has 0 aliphatic carbocycles. The van der Waals surface area contributed by atoms with Crippen molar-refractivity contribution in [3.63, 3.8) is 0 Å². The first-order chi connectivity index (χ1) is 7.49. The van der Waals surface area contributed by atoms with Crippen LogP contribution in [0.1, 0.15) is 30.5 Å². The second kappa shape index (κ2) is 5.69. The molecule has 0 aromatic carbocycles. The van der Waals surface area contributed by atoms with Gasteiger partial charge in [0.2, 0.25) is 5.91 Å². The molecule has 0 radical (unpaired) electrons. The van der Waals surface area contributed by atoms with Gasteiger partial charge >= 0.3 is 0 Å². The van der Waals surface area contributed by atoms with E-state index in [0.717, 1.165) is 6.42 Å². The summed E-state index contributed by atoms with van der Waals surface area (Å²) in [7, 11) is 0. The molecule has 0 saturated carbocycles. The summed E-state index contributed by atoms with van der Waals surface area (Å²) in [6, 6.07) is 4.18. The molecule has 1 aromatic rings. The van der Waals surface area contributed by atoms with Crippen LogP contribution in [0.25, 0.3) is 0 Å². The molecule has 1 aromatic heterocycles. The molecule has 0 unspecified atom stereocenters. The molecule has 4 heteroatoms. The van der Waals surface area contributed by atoms with Gasteiger partial charge in [-0.2, -0.15) is 0 Å². The van der Waals surface area contributed by atoms with Crippen LogP contribution in [0.4, 0.5) is 0 Å². The average molecular weight is 260 g/mol. The second-order valence-corrected chi connectivity index (χ2v) is 5.94. The minimum absolute atomic E-state index is 0.00829. The van der Waals surface area contributed by atoms with Gasteiger partial charge in [-0.25, -0.2) is 0 Å². The lowest BCUT2D eigenvalue weighted by Crippen LogP contribution is -2.37. The van der Waals surface area contributed by atoms with Crippen molar-refractivity contribution in [3.8, 4) is 0 Å². The van der Waals surface area contributed by atoms with Crippen LogP contribution in [0.2, 0.25) is 0 Å². The van der Waals surface area contributed by atoms with Gasteiger partial charge < -0.3 is 5.32 Å². The van der Waals surface area contributed by atoms with Crippen molar-refractivity contribution in [1.29, 1.82) is 0 Å². The summed E-state index contributed by atoms with van der Waals surface area (Å²) < 4.78 is 0. The summed E-state index contributed by atoms with van der Waals surface area (Å²) in [5.74, 6) is 0.345. The zero-order chi connectivity index (χ0) is 12.2. The highest BCUT2D eigenvalue weighted by Gasteiger charge is 2.25. The van der Waals surface area contributed by atoms with E-state index >= 15 is 0 Å². The van der Waals surface area contributed by atoms with E-state index in [-0.39, 0.29) is 5.91 Å².